The number of hydrogen-bond donors (Lipinski definition) is 0. The van der Waals surface area contributed by atoms with Gasteiger partial charge >= 0.3 is 0 Å². The van der Waals surface area contributed by atoms with Gasteiger partial charge in [0.05, 0.1) is 22.4 Å². The normalized spacial score (nSPS) is 21.6. The van der Waals surface area contributed by atoms with E-state index < -0.39 is 15.4 Å². The van der Waals surface area contributed by atoms with E-state index in [1.165, 1.54) is 4.31 Å². The van der Waals surface area contributed by atoms with E-state index in [4.69, 9.17) is 27.9 Å². The van der Waals surface area contributed by atoms with Crippen molar-refractivity contribution >= 4 is 39.1 Å². The third-order valence-electron chi connectivity index (χ3n) is 6.88. The van der Waals surface area contributed by atoms with Gasteiger partial charge in [0.2, 0.25) is 15.9 Å². The Hall–Kier alpha value is -1.80. The molecule has 190 valence electrons. The molecule has 9 heteroatoms. The van der Waals surface area contributed by atoms with Crippen molar-refractivity contribution in [1.82, 2.24) is 9.21 Å². The topological polar surface area (TPSA) is 66.9 Å². The summed E-state index contributed by atoms with van der Waals surface area (Å²) in [6, 6.07) is 14.4. The molecule has 2 fully saturated rings. The molecule has 2 heterocycles. The molecule has 2 saturated heterocycles. The first kappa shape index (κ1) is 26.3. The van der Waals surface area contributed by atoms with Gasteiger partial charge in [-0.25, -0.2) is 12.7 Å². The maximum atomic E-state index is 13.4. The fourth-order valence-electron chi connectivity index (χ4n) is 4.97. The number of halogens is 2. The van der Waals surface area contributed by atoms with E-state index in [1.807, 2.05) is 35.2 Å². The minimum absolute atomic E-state index is 0.0880. The summed E-state index contributed by atoms with van der Waals surface area (Å²) in [5.74, 6) is 0.637. The molecule has 0 saturated carbocycles. The molecule has 0 aliphatic carbocycles. The summed E-state index contributed by atoms with van der Waals surface area (Å²) >= 11 is 12.1. The van der Waals surface area contributed by atoms with Gasteiger partial charge in [-0.05, 0) is 61.9 Å². The number of nitrogens with zero attached hydrogens (tertiary/aromatic N) is 2. The molecule has 2 aromatic rings. The maximum Gasteiger partial charge on any atom is 0.223 e. The molecule has 4 rings (SSSR count). The zero-order valence-corrected chi connectivity index (χ0v) is 22.1. The number of sulfonamides is 1. The lowest BCUT2D eigenvalue weighted by Crippen LogP contribution is -2.51. The molecular formula is C26H32Cl2N2O4S. The minimum Gasteiger partial charge on any atom is -0.493 e. The number of amides is 1. The fourth-order valence-corrected chi connectivity index (χ4v) is 6.96. The van der Waals surface area contributed by atoms with E-state index in [9.17, 15) is 13.2 Å². The standard InChI is InChI=1S/C26H32Cl2N2O4S/c27-23-11-10-21(16-24(23)28)18-35(32,33)30-15-7-12-26(19-30,20-34-22-8-3-1-4-9-22)17-25(31)29-13-5-2-6-14-29/h1,3-4,8-11,16H,2,5-7,12-15,17-20H2/t26-/m0/s1. The van der Waals surface area contributed by atoms with Crippen molar-refractivity contribution in [1.29, 1.82) is 0 Å². The smallest absolute Gasteiger partial charge is 0.223 e. The second-order valence-corrected chi connectivity index (χ2v) is 12.4. The second-order valence-electron chi connectivity index (χ2n) is 9.66. The predicted octanol–water partition coefficient (Wildman–Crippen LogP) is 5.39. The largest absolute Gasteiger partial charge is 0.493 e. The number of ether oxygens (including phenoxy) is 1. The average molecular weight is 540 g/mol. The molecule has 6 nitrogen and oxygen atoms in total. The highest BCUT2D eigenvalue weighted by Crippen LogP contribution is 2.37. The maximum absolute atomic E-state index is 13.4. The molecule has 0 N–H and O–H groups in total. The van der Waals surface area contributed by atoms with Crippen LogP contribution in [0.15, 0.2) is 48.5 Å². The first-order valence-corrected chi connectivity index (χ1v) is 14.5. The Balaban J connectivity index is 1.53. The van der Waals surface area contributed by atoms with Gasteiger partial charge in [-0.3, -0.25) is 4.79 Å². The van der Waals surface area contributed by atoms with Gasteiger partial charge < -0.3 is 9.64 Å². The average Bonchev–Trinajstić information content (AvgIpc) is 2.86. The summed E-state index contributed by atoms with van der Waals surface area (Å²) < 4.78 is 34.5. The molecule has 2 aliphatic rings. The van der Waals surface area contributed by atoms with Gasteiger partial charge in [0, 0.05) is 38.0 Å². The summed E-state index contributed by atoms with van der Waals surface area (Å²) in [7, 11) is -3.63. The van der Waals surface area contributed by atoms with Crippen LogP contribution in [-0.2, 0) is 20.6 Å². The van der Waals surface area contributed by atoms with E-state index in [2.05, 4.69) is 0 Å². The Morgan fingerprint density at radius 3 is 2.40 bits per heavy atom. The van der Waals surface area contributed by atoms with Crippen LogP contribution in [0, 0.1) is 5.41 Å². The van der Waals surface area contributed by atoms with Crippen molar-refractivity contribution in [2.24, 2.45) is 5.41 Å². The predicted molar refractivity (Wildman–Crippen MR) is 139 cm³/mol. The monoisotopic (exact) mass is 538 g/mol. The van der Waals surface area contributed by atoms with Crippen molar-refractivity contribution in [3.8, 4) is 5.75 Å². The summed E-state index contributed by atoms with van der Waals surface area (Å²) in [5, 5.41) is 0.717. The van der Waals surface area contributed by atoms with Crippen LogP contribution in [0.2, 0.25) is 10.0 Å². The Bertz CT molecular complexity index is 1120. The van der Waals surface area contributed by atoms with Crippen molar-refractivity contribution in [2.45, 2.75) is 44.3 Å². The number of para-hydroxylation sites is 1. The highest BCUT2D eigenvalue weighted by atomic mass is 35.5. The molecule has 35 heavy (non-hydrogen) atoms. The molecule has 0 radical (unpaired) electrons. The minimum atomic E-state index is -3.63. The first-order chi connectivity index (χ1) is 16.8. The molecule has 2 aromatic carbocycles. The van der Waals surface area contributed by atoms with Crippen LogP contribution >= 0.6 is 23.2 Å². The zero-order valence-electron chi connectivity index (χ0n) is 19.8. The number of piperidine rings is 2. The summed E-state index contributed by atoms with van der Waals surface area (Å²) in [6.07, 6.45) is 4.86. The Morgan fingerprint density at radius 2 is 1.69 bits per heavy atom. The van der Waals surface area contributed by atoms with Crippen molar-refractivity contribution < 1.29 is 17.9 Å². The van der Waals surface area contributed by atoms with Crippen LogP contribution in [0.25, 0.3) is 0 Å². The van der Waals surface area contributed by atoms with Crippen molar-refractivity contribution in [3.63, 3.8) is 0 Å². The summed E-state index contributed by atoms with van der Waals surface area (Å²) in [5.41, 5.74) is -0.00615. The molecule has 1 atom stereocenters. The Kier molecular flexibility index (Phi) is 8.63. The number of hydrogen-bond acceptors (Lipinski definition) is 4. The number of carbonyl (C=O) groups is 1. The fraction of sp³-hybridized carbons (Fsp3) is 0.500. The lowest BCUT2D eigenvalue weighted by Gasteiger charge is -2.42. The van der Waals surface area contributed by atoms with Crippen LogP contribution in [0.1, 0.15) is 44.1 Å². The van der Waals surface area contributed by atoms with Crippen LogP contribution in [0.4, 0.5) is 0 Å². The van der Waals surface area contributed by atoms with Gasteiger partial charge in [0.25, 0.3) is 0 Å². The third kappa shape index (κ3) is 6.91. The molecule has 0 unspecified atom stereocenters. The van der Waals surface area contributed by atoms with E-state index in [1.54, 1.807) is 18.2 Å². The summed E-state index contributed by atoms with van der Waals surface area (Å²) in [6.45, 7) is 2.51. The Labute approximate surface area is 218 Å². The highest BCUT2D eigenvalue weighted by Gasteiger charge is 2.42. The number of rotatable bonds is 8. The van der Waals surface area contributed by atoms with Gasteiger partial charge in [-0.1, -0.05) is 47.5 Å². The highest BCUT2D eigenvalue weighted by molar-refractivity contribution is 7.88. The van der Waals surface area contributed by atoms with Crippen LogP contribution < -0.4 is 4.74 Å². The van der Waals surface area contributed by atoms with Crippen molar-refractivity contribution in [2.75, 3.05) is 32.8 Å². The van der Waals surface area contributed by atoms with Crippen LogP contribution in [0.5, 0.6) is 5.75 Å². The molecule has 0 bridgehead atoms. The van der Waals surface area contributed by atoms with E-state index in [0.29, 0.717) is 34.3 Å². The van der Waals surface area contributed by atoms with E-state index in [0.717, 1.165) is 38.8 Å². The quantitative estimate of drug-likeness (QED) is 0.452. The third-order valence-corrected chi connectivity index (χ3v) is 9.41. The first-order valence-electron chi connectivity index (χ1n) is 12.1. The number of carbonyl (C=O) groups excluding carboxylic acids is 1. The SMILES string of the molecule is O=C(C[C@@]1(COc2ccccc2)CCCN(S(=O)(=O)Cc2ccc(Cl)c(Cl)c2)C1)N1CCCCC1. The Morgan fingerprint density at radius 1 is 0.943 bits per heavy atom. The molecule has 2 aliphatic heterocycles. The van der Waals surface area contributed by atoms with Crippen LogP contribution in [0.3, 0.4) is 0 Å². The van der Waals surface area contributed by atoms with E-state index in [-0.39, 0.29) is 31.2 Å². The second kappa shape index (κ2) is 11.5. The van der Waals surface area contributed by atoms with E-state index >= 15 is 0 Å². The van der Waals surface area contributed by atoms with Gasteiger partial charge in [-0.2, -0.15) is 0 Å². The molecule has 0 spiro atoms. The lowest BCUT2D eigenvalue weighted by molar-refractivity contribution is -0.136. The van der Waals surface area contributed by atoms with Crippen molar-refractivity contribution in [3.05, 3.63) is 64.1 Å². The van der Waals surface area contributed by atoms with Gasteiger partial charge in [-0.15, -0.1) is 0 Å². The van der Waals surface area contributed by atoms with Gasteiger partial charge in [0.1, 0.15) is 5.75 Å². The lowest BCUT2D eigenvalue weighted by atomic mass is 9.78. The molecular weight excluding hydrogens is 507 g/mol. The number of benzene rings is 2. The molecule has 0 aromatic heterocycles. The summed E-state index contributed by atoms with van der Waals surface area (Å²) in [4.78, 5) is 15.2. The molecule has 1 amide bonds. The van der Waals surface area contributed by atoms with Gasteiger partial charge in [0.15, 0.2) is 0 Å². The number of likely N-dealkylation sites (tertiary alicyclic amines) is 1. The van der Waals surface area contributed by atoms with Crippen LogP contribution in [-0.4, -0.2) is 56.3 Å². The zero-order chi connectivity index (χ0) is 24.9.